The van der Waals surface area contributed by atoms with E-state index in [1.165, 1.54) is 0 Å². The number of fused-ring (bicyclic) bond motifs is 1. The van der Waals surface area contributed by atoms with Gasteiger partial charge in [0.15, 0.2) is 5.75 Å². The maximum absolute atomic E-state index is 6.44. The number of pyridine rings is 1. The van der Waals surface area contributed by atoms with E-state index in [0.29, 0.717) is 25.0 Å². The van der Waals surface area contributed by atoms with Crippen LogP contribution in [0, 0.1) is 0 Å². The van der Waals surface area contributed by atoms with Crippen LogP contribution < -0.4 is 9.47 Å². The van der Waals surface area contributed by atoms with Gasteiger partial charge >= 0.3 is 0 Å². The largest absolute Gasteiger partial charge is 0.484 e. The molecule has 2 rings (SSSR count). The predicted molar refractivity (Wildman–Crippen MR) is 68.4 cm³/mol. The standard InChI is InChI=1S/C13H18ClNO2/c1-7(2)9-10(14)11(8(3)4)15-13-12(9)16-5-6-17-13/h7-8H,5-6H2,1-4H3. The Bertz CT molecular complexity index is 430. The first kappa shape index (κ1) is 12.5. The molecule has 2 heterocycles. The van der Waals surface area contributed by atoms with Gasteiger partial charge in [0.25, 0.3) is 5.88 Å². The van der Waals surface area contributed by atoms with E-state index in [2.05, 4.69) is 32.7 Å². The van der Waals surface area contributed by atoms with Crippen LogP contribution in [-0.4, -0.2) is 18.2 Å². The Morgan fingerprint density at radius 2 is 1.71 bits per heavy atom. The van der Waals surface area contributed by atoms with Crippen molar-refractivity contribution in [3.63, 3.8) is 0 Å². The zero-order valence-electron chi connectivity index (χ0n) is 10.7. The van der Waals surface area contributed by atoms with Crippen LogP contribution in [0.2, 0.25) is 5.02 Å². The highest BCUT2D eigenvalue weighted by molar-refractivity contribution is 6.32. The summed E-state index contributed by atoms with van der Waals surface area (Å²) >= 11 is 6.44. The second kappa shape index (κ2) is 4.73. The summed E-state index contributed by atoms with van der Waals surface area (Å²) < 4.78 is 11.2. The Balaban J connectivity index is 2.64. The third-order valence-electron chi connectivity index (χ3n) is 2.81. The summed E-state index contributed by atoms with van der Waals surface area (Å²) in [4.78, 5) is 4.48. The summed E-state index contributed by atoms with van der Waals surface area (Å²) in [6.07, 6.45) is 0. The zero-order chi connectivity index (χ0) is 12.6. The lowest BCUT2D eigenvalue weighted by Gasteiger charge is -2.24. The number of ether oxygens (including phenoxy) is 2. The van der Waals surface area contributed by atoms with Gasteiger partial charge in [-0.1, -0.05) is 39.3 Å². The molecule has 94 valence electrons. The second-order valence-corrected chi connectivity index (χ2v) is 5.24. The summed E-state index contributed by atoms with van der Waals surface area (Å²) in [6.45, 7) is 9.47. The molecule has 3 nitrogen and oxygen atoms in total. The molecule has 1 aromatic rings. The predicted octanol–water partition coefficient (Wildman–Crippen LogP) is 3.75. The lowest BCUT2D eigenvalue weighted by atomic mass is 9.98. The van der Waals surface area contributed by atoms with Gasteiger partial charge in [0.05, 0.1) is 10.7 Å². The average Bonchev–Trinajstić information content (AvgIpc) is 2.27. The molecule has 1 aromatic heterocycles. The highest BCUT2D eigenvalue weighted by atomic mass is 35.5. The fourth-order valence-corrected chi connectivity index (χ4v) is 2.54. The monoisotopic (exact) mass is 255 g/mol. The fraction of sp³-hybridized carbons (Fsp3) is 0.615. The molecular weight excluding hydrogens is 238 g/mol. The van der Waals surface area contributed by atoms with Crippen molar-refractivity contribution in [2.75, 3.05) is 13.2 Å². The molecule has 17 heavy (non-hydrogen) atoms. The normalized spacial score (nSPS) is 14.5. The Kier molecular flexibility index (Phi) is 3.48. The molecule has 1 aliphatic rings. The van der Waals surface area contributed by atoms with Gasteiger partial charge in [-0.3, -0.25) is 0 Å². The average molecular weight is 256 g/mol. The van der Waals surface area contributed by atoms with Gasteiger partial charge in [-0.25, -0.2) is 4.98 Å². The van der Waals surface area contributed by atoms with Gasteiger partial charge < -0.3 is 9.47 Å². The molecule has 0 aromatic carbocycles. The summed E-state index contributed by atoms with van der Waals surface area (Å²) in [5.41, 5.74) is 1.90. The fourth-order valence-electron chi connectivity index (χ4n) is 1.98. The van der Waals surface area contributed by atoms with Crippen molar-refractivity contribution in [1.82, 2.24) is 4.98 Å². The lowest BCUT2D eigenvalue weighted by Crippen LogP contribution is -2.19. The number of hydrogen-bond donors (Lipinski definition) is 0. The Morgan fingerprint density at radius 1 is 1.06 bits per heavy atom. The molecule has 4 heteroatoms. The van der Waals surface area contributed by atoms with Gasteiger partial charge in [0.2, 0.25) is 0 Å². The quantitative estimate of drug-likeness (QED) is 0.807. The molecular formula is C13H18ClNO2. The van der Waals surface area contributed by atoms with Gasteiger partial charge in [-0.2, -0.15) is 0 Å². The van der Waals surface area contributed by atoms with Crippen LogP contribution in [-0.2, 0) is 0 Å². The molecule has 0 N–H and O–H groups in total. The summed E-state index contributed by atoms with van der Waals surface area (Å²) in [5.74, 6) is 1.88. The van der Waals surface area contributed by atoms with Gasteiger partial charge in [0, 0.05) is 5.56 Å². The Labute approximate surface area is 107 Å². The minimum absolute atomic E-state index is 0.274. The highest BCUT2D eigenvalue weighted by Gasteiger charge is 2.26. The number of rotatable bonds is 2. The summed E-state index contributed by atoms with van der Waals surface area (Å²) in [6, 6.07) is 0. The third-order valence-corrected chi connectivity index (χ3v) is 3.21. The van der Waals surface area contributed by atoms with Crippen molar-refractivity contribution in [1.29, 1.82) is 0 Å². The van der Waals surface area contributed by atoms with E-state index in [0.717, 1.165) is 22.0 Å². The zero-order valence-corrected chi connectivity index (χ0v) is 11.5. The number of aromatic nitrogens is 1. The minimum Gasteiger partial charge on any atom is -0.484 e. The van der Waals surface area contributed by atoms with E-state index >= 15 is 0 Å². The second-order valence-electron chi connectivity index (χ2n) is 4.87. The first-order valence-electron chi connectivity index (χ1n) is 6.01. The van der Waals surface area contributed by atoms with E-state index < -0.39 is 0 Å². The summed E-state index contributed by atoms with van der Waals surface area (Å²) in [7, 11) is 0. The van der Waals surface area contributed by atoms with Crippen LogP contribution in [0.5, 0.6) is 11.6 Å². The Hall–Kier alpha value is -0.960. The highest BCUT2D eigenvalue weighted by Crippen LogP contribution is 2.43. The van der Waals surface area contributed by atoms with Crippen molar-refractivity contribution < 1.29 is 9.47 Å². The van der Waals surface area contributed by atoms with E-state index in [4.69, 9.17) is 21.1 Å². The van der Waals surface area contributed by atoms with Crippen LogP contribution in [0.4, 0.5) is 0 Å². The van der Waals surface area contributed by atoms with E-state index in [-0.39, 0.29) is 5.92 Å². The van der Waals surface area contributed by atoms with Crippen LogP contribution in [0.1, 0.15) is 50.8 Å². The Morgan fingerprint density at radius 3 is 2.29 bits per heavy atom. The first-order valence-corrected chi connectivity index (χ1v) is 6.39. The number of nitrogens with zero attached hydrogens (tertiary/aromatic N) is 1. The molecule has 0 bridgehead atoms. The third kappa shape index (κ3) is 2.21. The van der Waals surface area contributed by atoms with Crippen LogP contribution in [0.3, 0.4) is 0 Å². The van der Waals surface area contributed by atoms with Crippen molar-refractivity contribution >= 4 is 11.6 Å². The van der Waals surface area contributed by atoms with Gasteiger partial charge in [0.1, 0.15) is 13.2 Å². The van der Waals surface area contributed by atoms with Crippen molar-refractivity contribution in [2.24, 2.45) is 0 Å². The number of hydrogen-bond acceptors (Lipinski definition) is 3. The smallest absolute Gasteiger partial charge is 0.257 e. The van der Waals surface area contributed by atoms with E-state index in [1.54, 1.807) is 0 Å². The van der Waals surface area contributed by atoms with Crippen molar-refractivity contribution in [3.05, 3.63) is 16.3 Å². The van der Waals surface area contributed by atoms with Gasteiger partial charge in [-0.15, -0.1) is 0 Å². The maximum Gasteiger partial charge on any atom is 0.257 e. The molecule has 0 aliphatic carbocycles. The molecule has 0 radical (unpaired) electrons. The molecule has 0 atom stereocenters. The van der Waals surface area contributed by atoms with Gasteiger partial charge in [-0.05, 0) is 11.8 Å². The molecule has 0 unspecified atom stereocenters. The van der Waals surface area contributed by atoms with E-state index in [9.17, 15) is 0 Å². The van der Waals surface area contributed by atoms with Crippen LogP contribution in [0.25, 0.3) is 0 Å². The lowest BCUT2D eigenvalue weighted by molar-refractivity contribution is 0.161. The number of halogens is 1. The van der Waals surface area contributed by atoms with E-state index in [1.807, 2.05) is 0 Å². The molecule has 0 saturated heterocycles. The maximum atomic E-state index is 6.44. The first-order chi connectivity index (χ1) is 8.02. The topological polar surface area (TPSA) is 31.4 Å². The minimum atomic E-state index is 0.274. The molecule has 0 spiro atoms. The molecule has 1 aliphatic heterocycles. The molecule has 0 saturated carbocycles. The van der Waals surface area contributed by atoms with Crippen molar-refractivity contribution in [3.8, 4) is 11.6 Å². The van der Waals surface area contributed by atoms with Crippen LogP contribution in [0.15, 0.2) is 0 Å². The summed E-state index contributed by atoms with van der Waals surface area (Å²) in [5, 5.41) is 0.722. The SMILES string of the molecule is CC(C)c1nc2c(c(C(C)C)c1Cl)OCCO2. The van der Waals surface area contributed by atoms with Crippen LogP contribution >= 0.6 is 11.6 Å². The molecule has 0 fully saturated rings. The molecule has 0 amide bonds. The van der Waals surface area contributed by atoms with Crippen molar-refractivity contribution in [2.45, 2.75) is 39.5 Å².